The lowest BCUT2D eigenvalue weighted by molar-refractivity contribution is -0.689. The van der Waals surface area contributed by atoms with Crippen molar-refractivity contribution in [1.82, 2.24) is 57.7 Å². The Morgan fingerprint density at radius 3 is 2.04 bits per heavy atom. The molecule has 136 heavy (non-hydrogen) atoms. The number of primary amides is 1. The number of carboxylic acids is 1. The second-order valence-electron chi connectivity index (χ2n) is 33.6. The fourth-order valence-corrected chi connectivity index (χ4v) is 19.2. The minimum absolute atomic E-state index is 0.110. The number of β-lactam (4-membered cyclic amide) rings is 1. The van der Waals surface area contributed by atoms with Gasteiger partial charge in [0.1, 0.15) is 129 Å². The highest BCUT2D eigenvalue weighted by Crippen LogP contribution is 2.51. The molecular weight excluding hydrogens is 1890 g/mol. The van der Waals surface area contributed by atoms with Crippen molar-refractivity contribution in [2.75, 3.05) is 38.3 Å². The van der Waals surface area contributed by atoms with Crippen LogP contribution in [0.4, 0.5) is 5.13 Å². The number of rotatable bonds is 24. The number of nitrogens with zero attached hydrogens (tertiary/aromatic N) is 4. The Balaban J connectivity index is 0.849. The number of fused-ring (bicyclic) bond motifs is 16. The highest BCUT2D eigenvalue weighted by Gasteiger charge is 2.56. The van der Waals surface area contributed by atoms with Crippen LogP contribution < -0.4 is 83.8 Å². The van der Waals surface area contributed by atoms with Gasteiger partial charge in [-0.3, -0.25) is 52.8 Å². The quantitative estimate of drug-likeness (QED) is 0.0128. The number of aliphatic carboxylic acids is 1. The van der Waals surface area contributed by atoms with E-state index in [9.17, 15) is 75.0 Å². The number of phenolic OH excluding ortho intramolecular Hbond substituents is 3. The number of carbonyl (C=O) groups excluding carboxylic acids is 10. The van der Waals surface area contributed by atoms with E-state index in [0.717, 1.165) is 83.0 Å². The number of thiazole rings is 1. The molecule has 44 nitrogen and oxygen atoms in total. The molecule has 5 aromatic carbocycles. The molecule has 9 aliphatic rings. The number of carboxylic acid groups (broad SMARTS) is 1. The third kappa shape index (κ3) is 21.4. The second-order valence-corrected chi connectivity index (χ2v) is 37.2. The number of nitrogen functional groups attached to an aromatic ring is 1. The number of anilines is 1. The van der Waals surface area contributed by atoms with Crippen LogP contribution in [0.2, 0.25) is 14.4 Å². The number of nitrogens with one attached hydrogen (secondary N) is 9. The van der Waals surface area contributed by atoms with E-state index in [-0.39, 0.29) is 75.2 Å². The number of hydrogen-bond acceptors (Lipinski definition) is 34. The van der Waals surface area contributed by atoms with Gasteiger partial charge in [-0.1, -0.05) is 89.4 Å². The molecule has 20 atom stereocenters. The summed E-state index contributed by atoms with van der Waals surface area (Å²) in [4.78, 5) is 173. The molecular formula is C87H96Cl3N16O28S2+. The van der Waals surface area contributed by atoms with Crippen LogP contribution in [0.25, 0.3) is 11.1 Å². The summed E-state index contributed by atoms with van der Waals surface area (Å²) in [5.41, 5.74) is 13.3. The molecule has 3 fully saturated rings. The number of thioether (sulfide) groups is 1. The molecule has 10 amide bonds. The smallest absolute Gasteiger partial charge is 0.352 e. The van der Waals surface area contributed by atoms with Gasteiger partial charge in [-0.15, -0.1) is 11.8 Å². The molecule has 11 heterocycles. The number of likely N-dealkylation sites (N-methyl/N-ethyl adjacent to an activating group) is 1. The van der Waals surface area contributed by atoms with E-state index in [2.05, 4.69) is 58.0 Å². The molecule has 0 aliphatic carbocycles. The second kappa shape index (κ2) is 41.7. The van der Waals surface area contributed by atoms with E-state index in [1.807, 2.05) is 0 Å². The van der Waals surface area contributed by atoms with Crippen LogP contribution in [0.15, 0.2) is 126 Å². The van der Waals surface area contributed by atoms with E-state index < -0.39 is 296 Å². The van der Waals surface area contributed by atoms with Gasteiger partial charge in [-0.05, 0) is 116 Å². The third-order valence-electron chi connectivity index (χ3n) is 23.4. The van der Waals surface area contributed by atoms with Crippen LogP contribution in [0, 0.1) is 5.92 Å². The van der Waals surface area contributed by atoms with Gasteiger partial charge >= 0.3 is 5.97 Å². The minimum Gasteiger partial charge on any atom is -0.508 e. The van der Waals surface area contributed by atoms with E-state index in [4.69, 9.17) is 85.3 Å². The maximum absolute atomic E-state index is 16.4. The number of nitrogens with two attached hydrogens (primary N) is 3. The molecule has 9 aliphatic heterocycles. The summed E-state index contributed by atoms with van der Waals surface area (Å²) < 4.78 is 40.3. The molecule has 16 rings (SSSR count). The van der Waals surface area contributed by atoms with Crippen LogP contribution in [-0.4, -0.2) is 255 Å². The number of aliphatic hydroxyl groups is 6. The number of halogens is 3. The predicted molar refractivity (Wildman–Crippen MR) is 480 cm³/mol. The zero-order valence-electron chi connectivity index (χ0n) is 72.6. The number of carbonyl (C=O) groups is 11. The van der Waals surface area contributed by atoms with Crippen molar-refractivity contribution in [2.24, 2.45) is 22.5 Å². The van der Waals surface area contributed by atoms with Crippen molar-refractivity contribution in [1.29, 1.82) is 0 Å². The first-order chi connectivity index (χ1) is 64.6. The standard InChI is InChI=1S/C87H95Cl3N16O28S2/c1-33(2)20-45(94-5)74(117)100-62-66(112)36-11-14-49(43(88)22-36)130-51-24-38-25-52(70(51)134-85-71(69(115)68(114)53(31-107)132-85)133-55-29-87(4,93)72(116)34(3)129-55)131-50-15-12-37(23-44(50)89)67(113)63-81(124)99-59(42-26-40(108)27-48(110)56(42)41-21-35(10-13-47(41)109)57(77(120)101-63)98-78(121)58(38)97-75(118)46(28-54(91)111)96-80(62)123)76(119)95-16-9-19-128-104-61(60-73(90)136-86(92)103-60)79(122)102-64-82(125)106-65(84(126)127)39(32-135-83(64)106)30-105-17-7-6-8-18-105/h6-8,10-15,17-18,21-27,33-34,45-46,53,55,57-59,62-64,66-69,71-72,83,85,94,107,112-116H,9,16,19-20,28-32,93H2,1-5H3,(H15-,91,92,95,96,97,98,99,100,101,102,103,104,108,109,110,111,117,118,119,120,121,122,123,124,126,127)/p+1. The van der Waals surface area contributed by atoms with Gasteiger partial charge in [0.25, 0.3) is 11.8 Å². The van der Waals surface area contributed by atoms with Gasteiger partial charge in [0.05, 0.1) is 41.3 Å². The van der Waals surface area contributed by atoms with Crippen LogP contribution in [-0.2, 0) is 78.3 Å². The number of pyridine rings is 1. The third-order valence-corrected chi connectivity index (χ3v) is 26.4. The molecule has 20 unspecified atom stereocenters. The van der Waals surface area contributed by atoms with E-state index in [0.29, 0.717) is 5.57 Å². The number of amides is 10. The summed E-state index contributed by atoms with van der Waals surface area (Å²) >= 11 is 22.8. The van der Waals surface area contributed by atoms with Gasteiger partial charge in [0.15, 0.2) is 53.7 Å². The van der Waals surface area contributed by atoms with Gasteiger partial charge in [0.2, 0.25) is 59.3 Å². The first kappa shape index (κ1) is 99.6. The Morgan fingerprint density at radius 2 is 1.41 bits per heavy atom. The Labute approximate surface area is 795 Å². The molecule has 0 saturated carbocycles. The Morgan fingerprint density at radius 1 is 0.757 bits per heavy atom. The van der Waals surface area contributed by atoms with Crippen molar-refractivity contribution >= 4 is 134 Å². The molecule has 11 bridgehead atoms. The van der Waals surface area contributed by atoms with Crippen LogP contribution in [0.5, 0.6) is 46.0 Å². The zero-order valence-corrected chi connectivity index (χ0v) is 76.5. The Hall–Kier alpha value is -12.4. The summed E-state index contributed by atoms with van der Waals surface area (Å²) in [6.07, 6.45) is -15.9. The lowest BCUT2D eigenvalue weighted by atomic mass is 9.86. The normalized spacial score (nSPS) is 27.1. The number of aromatic nitrogens is 2. The molecule has 25 N–H and O–H groups in total. The summed E-state index contributed by atoms with van der Waals surface area (Å²) in [5.74, 6) is -18.9. The van der Waals surface area contributed by atoms with Crippen molar-refractivity contribution in [2.45, 2.75) is 181 Å². The number of ether oxygens (including phenoxy) is 6. The largest absolute Gasteiger partial charge is 0.508 e. The average molecular weight is 1980 g/mol. The van der Waals surface area contributed by atoms with Gasteiger partial charge < -0.3 is 149 Å². The predicted octanol–water partition coefficient (Wildman–Crippen LogP) is 0.367. The number of aromatic hydroxyl groups is 3. The van der Waals surface area contributed by atoms with Crippen LogP contribution in [0.3, 0.4) is 0 Å². The number of oxime groups is 1. The summed E-state index contributed by atoms with van der Waals surface area (Å²) in [6.45, 7) is 4.85. The maximum Gasteiger partial charge on any atom is 0.352 e. The van der Waals surface area contributed by atoms with Gasteiger partial charge in [-0.2, -0.15) is 0 Å². The number of benzene rings is 5. The number of hydrogen-bond donors (Lipinski definition) is 22. The Bertz CT molecular complexity index is 5920. The molecule has 2 aromatic heterocycles. The number of phenols is 3. The van der Waals surface area contributed by atoms with Crippen molar-refractivity contribution in [3.63, 3.8) is 0 Å². The van der Waals surface area contributed by atoms with E-state index >= 15 is 28.8 Å². The number of aliphatic hydroxyl groups excluding tert-OH is 6. The van der Waals surface area contributed by atoms with Crippen LogP contribution >= 0.6 is 57.9 Å². The van der Waals surface area contributed by atoms with Gasteiger partial charge in [-0.25, -0.2) is 14.3 Å². The van der Waals surface area contributed by atoms with Crippen LogP contribution in [0.1, 0.15) is 117 Å². The molecule has 0 spiro atoms. The van der Waals surface area contributed by atoms with Crippen molar-refractivity contribution < 1.29 is 142 Å². The van der Waals surface area contributed by atoms with Crippen molar-refractivity contribution in [3.05, 3.63) is 169 Å². The lowest BCUT2D eigenvalue weighted by Gasteiger charge is -2.49. The topological polar surface area (TPSA) is 673 Å². The molecule has 3 saturated heterocycles. The lowest BCUT2D eigenvalue weighted by Crippen LogP contribution is -2.71. The summed E-state index contributed by atoms with van der Waals surface area (Å²) in [5, 5.41) is 142. The van der Waals surface area contributed by atoms with Gasteiger partial charge in [0, 0.05) is 65.6 Å². The van der Waals surface area contributed by atoms with E-state index in [1.54, 1.807) is 49.0 Å². The minimum atomic E-state index is -2.41. The first-order valence-electron chi connectivity index (χ1n) is 42.4. The molecule has 49 heteroatoms. The fourth-order valence-electron chi connectivity index (χ4n) is 16.5. The fraction of sp³-hybridized carbons (Fsp3) is 0.402. The highest BCUT2D eigenvalue weighted by atomic mass is 35.5. The maximum atomic E-state index is 16.4. The average Bonchev–Trinajstić information content (AvgIpc) is 0.767. The SMILES string of the molecule is CNC(CC(C)C)C(=O)NC1C(=O)NC(CC(N)=O)C(=O)NC2C(=O)NC3C(=O)NC(C(=O)NC(C(=O)NCCCON=C(C(=O)NC4C(=O)N5C(C(=O)O)=C(C[n+]6ccccc6)CSC45)c4nc(N)sc4Cl)c4cc(O)cc(O)c4-c4cc3ccc4O)C(O)c3ccc(c(Cl)c3)Oc3cc2cc(c3OC2OC(CO)C(O)C(O)C2OC2CC(C)(N)C(O)C(C)O2)Oc2ccc(cc2Cl)C1O. The monoisotopic (exact) mass is 1980 g/mol. The summed E-state index contributed by atoms with van der Waals surface area (Å²) in [7, 11) is 1.46. The molecule has 0 radical (unpaired) electrons. The van der Waals surface area contributed by atoms with E-state index in [1.165, 1.54) is 44.8 Å². The summed E-state index contributed by atoms with van der Waals surface area (Å²) in [6, 6.07) is 3.03. The molecule has 7 aromatic rings. The first-order valence-corrected chi connectivity index (χ1v) is 45.4. The highest BCUT2D eigenvalue weighted by molar-refractivity contribution is 8.00. The Kier molecular flexibility index (Phi) is 30.5. The zero-order chi connectivity index (χ0) is 98.1. The molecule has 724 valence electrons. The van der Waals surface area contributed by atoms with Crippen molar-refractivity contribution in [3.8, 4) is 57.1 Å².